The normalized spacial score (nSPS) is 10.2. The van der Waals surface area contributed by atoms with Crippen LogP contribution in [0, 0.1) is 6.92 Å². The van der Waals surface area contributed by atoms with E-state index in [2.05, 4.69) is 70.6 Å². The van der Waals surface area contributed by atoms with Gasteiger partial charge in [0, 0.05) is 16.7 Å². The first-order chi connectivity index (χ1) is 8.25. The van der Waals surface area contributed by atoms with Gasteiger partial charge in [-0.2, -0.15) is 0 Å². The fraction of sp³-hybridized carbons (Fsp3) is 0.200. The van der Waals surface area contributed by atoms with Crippen molar-refractivity contribution in [1.82, 2.24) is 0 Å². The summed E-state index contributed by atoms with van der Waals surface area (Å²) in [6, 6.07) is 16.9. The number of anilines is 1. The zero-order valence-corrected chi connectivity index (χ0v) is 11.5. The summed E-state index contributed by atoms with van der Waals surface area (Å²) >= 11 is 3.54. The van der Waals surface area contributed by atoms with Gasteiger partial charge in [-0.05, 0) is 36.6 Å². The van der Waals surface area contributed by atoms with E-state index in [9.17, 15) is 0 Å². The lowest BCUT2D eigenvalue weighted by Gasteiger charge is -2.08. The molecule has 0 heterocycles. The standard InChI is InChI=1S/C15H16BrN/c1-12-7-8-14(11-15(12)16)17-10-9-13-5-3-2-4-6-13/h2-8,11,17H,9-10H2,1H3. The van der Waals surface area contributed by atoms with Crippen molar-refractivity contribution in [2.45, 2.75) is 13.3 Å². The molecular weight excluding hydrogens is 274 g/mol. The summed E-state index contributed by atoms with van der Waals surface area (Å²) < 4.78 is 1.15. The van der Waals surface area contributed by atoms with Gasteiger partial charge in [-0.25, -0.2) is 0 Å². The Kier molecular flexibility index (Phi) is 4.21. The molecule has 1 N–H and O–H groups in total. The van der Waals surface area contributed by atoms with Gasteiger partial charge in [-0.15, -0.1) is 0 Å². The molecule has 2 aromatic rings. The summed E-state index contributed by atoms with van der Waals surface area (Å²) in [7, 11) is 0. The summed E-state index contributed by atoms with van der Waals surface area (Å²) in [6.45, 7) is 3.05. The van der Waals surface area contributed by atoms with Crippen molar-refractivity contribution >= 4 is 21.6 Å². The van der Waals surface area contributed by atoms with Crippen LogP contribution in [0.3, 0.4) is 0 Å². The number of benzene rings is 2. The molecule has 0 amide bonds. The third-order valence-electron chi connectivity index (χ3n) is 2.76. The first-order valence-electron chi connectivity index (χ1n) is 5.79. The molecule has 1 nitrogen and oxygen atoms in total. The van der Waals surface area contributed by atoms with Crippen LogP contribution in [-0.4, -0.2) is 6.54 Å². The minimum Gasteiger partial charge on any atom is -0.385 e. The van der Waals surface area contributed by atoms with Crippen LogP contribution in [0.2, 0.25) is 0 Å². The van der Waals surface area contributed by atoms with E-state index < -0.39 is 0 Å². The molecule has 0 atom stereocenters. The van der Waals surface area contributed by atoms with Crippen LogP contribution in [0.5, 0.6) is 0 Å². The molecular formula is C15H16BrN. The van der Waals surface area contributed by atoms with Crippen molar-refractivity contribution in [3.8, 4) is 0 Å². The molecule has 0 saturated carbocycles. The molecule has 0 saturated heterocycles. The molecule has 0 fully saturated rings. The van der Waals surface area contributed by atoms with Crippen LogP contribution >= 0.6 is 15.9 Å². The molecule has 2 heteroatoms. The lowest BCUT2D eigenvalue weighted by atomic mass is 10.1. The fourth-order valence-corrected chi connectivity index (χ4v) is 2.08. The van der Waals surface area contributed by atoms with E-state index in [-0.39, 0.29) is 0 Å². The Bertz CT molecular complexity index is 480. The lowest BCUT2D eigenvalue weighted by molar-refractivity contribution is 1.02. The molecule has 0 unspecified atom stereocenters. The minimum atomic E-state index is 0.958. The van der Waals surface area contributed by atoms with Gasteiger partial charge in [0.25, 0.3) is 0 Å². The number of hydrogen-bond acceptors (Lipinski definition) is 1. The maximum atomic E-state index is 3.54. The zero-order chi connectivity index (χ0) is 12.1. The summed E-state index contributed by atoms with van der Waals surface area (Å²) in [5.41, 5.74) is 3.79. The second-order valence-electron chi connectivity index (χ2n) is 4.13. The Labute approximate surface area is 111 Å². The largest absolute Gasteiger partial charge is 0.385 e. The van der Waals surface area contributed by atoms with Gasteiger partial charge in [-0.3, -0.25) is 0 Å². The maximum absolute atomic E-state index is 3.54. The zero-order valence-electron chi connectivity index (χ0n) is 9.91. The first kappa shape index (κ1) is 12.2. The Hall–Kier alpha value is -1.28. The molecule has 0 bridgehead atoms. The molecule has 2 rings (SSSR count). The average molecular weight is 290 g/mol. The van der Waals surface area contributed by atoms with Gasteiger partial charge in [-0.1, -0.05) is 52.3 Å². The van der Waals surface area contributed by atoms with Gasteiger partial charge < -0.3 is 5.32 Å². The van der Waals surface area contributed by atoms with Crippen LogP contribution in [0.25, 0.3) is 0 Å². The second kappa shape index (κ2) is 5.87. The van der Waals surface area contributed by atoms with Crippen LogP contribution in [0.1, 0.15) is 11.1 Å². The second-order valence-corrected chi connectivity index (χ2v) is 4.98. The summed E-state index contributed by atoms with van der Waals surface area (Å²) in [5, 5.41) is 3.43. The minimum absolute atomic E-state index is 0.958. The predicted molar refractivity (Wildman–Crippen MR) is 77.5 cm³/mol. The first-order valence-corrected chi connectivity index (χ1v) is 6.59. The van der Waals surface area contributed by atoms with Gasteiger partial charge in [0.15, 0.2) is 0 Å². The highest BCUT2D eigenvalue weighted by Gasteiger charge is 1.97. The summed E-state index contributed by atoms with van der Waals surface area (Å²) in [5.74, 6) is 0. The van der Waals surface area contributed by atoms with Crippen molar-refractivity contribution in [3.63, 3.8) is 0 Å². The molecule has 0 aliphatic rings. The molecule has 2 aromatic carbocycles. The van der Waals surface area contributed by atoms with Crippen LogP contribution in [-0.2, 0) is 6.42 Å². The number of hydrogen-bond donors (Lipinski definition) is 1. The van der Waals surface area contributed by atoms with Crippen molar-refractivity contribution in [2.75, 3.05) is 11.9 Å². The van der Waals surface area contributed by atoms with Gasteiger partial charge in [0.1, 0.15) is 0 Å². The van der Waals surface area contributed by atoms with Crippen molar-refractivity contribution < 1.29 is 0 Å². The number of rotatable bonds is 4. The smallest absolute Gasteiger partial charge is 0.0351 e. The van der Waals surface area contributed by atoms with Crippen LogP contribution in [0.15, 0.2) is 53.0 Å². The van der Waals surface area contributed by atoms with E-state index in [1.807, 2.05) is 6.07 Å². The Balaban J connectivity index is 1.88. The molecule has 88 valence electrons. The molecule has 0 spiro atoms. The third kappa shape index (κ3) is 3.60. The quantitative estimate of drug-likeness (QED) is 0.879. The highest BCUT2D eigenvalue weighted by molar-refractivity contribution is 9.10. The van der Waals surface area contributed by atoms with E-state index in [4.69, 9.17) is 0 Å². The van der Waals surface area contributed by atoms with E-state index in [0.717, 1.165) is 17.4 Å². The van der Waals surface area contributed by atoms with Gasteiger partial charge in [0.2, 0.25) is 0 Å². The Morgan fingerprint density at radius 3 is 2.53 bits per heavy atom. The van der Waals surface area contributed by atoms with Crippen molar-refractivity contribution in [2.24, 2.45) is 0 Å². The van der Waals surface area contributed by atoms with E-state index in [1.165, 1.54) is 16.8 Å². The number of aryl methyl sites for hydroxylation is 1. The highest BCUT2D eigenvalue weighted by atomic mass is 79.9. The number of nitrogens with one attached hydrogen (secondary N) is 1. The third-order valence-corrected chi connectivity index (χ3v) is 3.61. The van der Waals surface area contributed by atoms with Crippen LogP contribution in [0.4, 0.5) is 5.69 Å². The molecule has 0 aromatic heterocycles. The SMILES string of the molecule is Cc1ccc(NCCc2ccccc2)cc1Br. The Morgan fingerprint density at radius 1 is 1.06 bits per heavy atom. The van der Waals surface area contributed by atoms with Gasteiger partial charge in [0.05, 0.1) is 0 Å². The average Bonchev–Trinajstić information content (AvgIpc) is 2.35. The lowest BCUT2D eigenvalue weighted by Crippen LogP contribution is -2.04. The highest BCUT2D eigenvalue weighted by Crippen LogP contribution is 2.20. The van der Waals surface area contributed by atoms with Crippen LogP contribution < -0.4 is 5.32 Å². The molecule has 0 aliphatic carbocycles. The molecule has 17 heavy (non-hydrogen) atoms. The van der Waals surface area contributed by atoms with E-state index in [1.54, 1.807) is 0 Å². The summed E-state index contributed by atoms with van der Waals surface area (Å²) in [4.78, 5) is 0. The van der Waals surface area contributed by atoms with Crippen molar-refractivity contribution in [1.29, 1.82) is 0 Å². The molecule has 0 radical (unpaired) electrons. The van der Waals surface area contributed by atoms with Crippen molar-refractivity contribution in [3.05, 3.63) is 64.1 Å². The predicted octanol–water partition coefficient (Wildman–Crippen LogP) is 4.41. The summed E-state index contributed by atoms with van der Waals surface area (Å²) in [6.07, 6.45) is 1.05. The van der Waals surface area contributed by atoms with E-state index in [0.29, 0.717) is 0 Å². The topological polar surface area (TPSA) is 12.0 Å². The maximum Gasteiger partial charge on any atom is 0.0351 e. The fourth-order valence-electron chi connectivity index (χ4n) is 1.70. The van der Waals surface area contributed by atoms with E-state index >= 15 is 0 Å². The monoisotopic (exact) mass is 289 g/mol. The Morgan fingerprint density at radius 2 is 1.82 bits per heavy atom. The number of halogens is 1. The van der Waals surface area contributed by atoms with Gasteiger partial charge >= 0.3 is 0 Å². The molecule has 0 aliphatic heterocycles.